The van der Waals surface area contributed by atoms with Crippen LogP contribution in [-0.2, 0) is 0 Å². The molecule has 0 saturated heterocycles. The first-order valence-corrected chi connectivity index (χ1v) is 6.44. The molecular formula is C14H20F2N2O. The number of amides is 1. The van der Waals surface area contributed by atoms with Gasteiger partial charge >= 0.3 is 0 Å². The van der Waals surface area contributed by atoms with Crippen molar-refractivity contribution in [1.29, 1.82) is 0 Å². The van der Waals surface area contributed by atoms with E-state index >= 15 is 0 Å². The highest BCUT2D eigenvalue weighted by atomic mass is 19.1. The van der Waals surface area contributed by atoms with Gasteiger partial charge in [-0.05, 0) is 25.0 Å². The first-order valence-electron chi connectivity index (χ1n) is 6.44. The topological polar surface area (TPSA) is 46.3 Å². The molecule has 1 rings (SSSR count). The molecule has 1 amide bonds. The molecule has 1 atom stereocenters. The number of nitrogens with zero attached hydrogens (tertiary/aromatic N) is 1. The Morgan fingerprint density at radius 2 is 1.84 bits per heavy atom. The molecule has 0 aliphatic heterocycles. The fraction of sp³-hybridized carbons (Fsp3) is 0.500. The minimum Gasteiger partial charge on any atom is -0.394 e. The largest absolute Gasteiger partial charge is 0.394 e. The van der Waals surface area contributed by atoms with Crippen LogP contribution in [0.5, 0.6) is 0 Å². The number of hydrogen-bond donors (Lipinski definition) is 1. The Morgan fingerprint density at radius 1 is 1.32 bits per heavy atom. The minimum absolute atomic E-state index is 0.00523. The number of rotatable bonds is 5. The molecule has 19 heavy (non-hydrogen) atoms. The molecule has 5 heteroatoms. The van der Waals surface area contributed by atoms with Crippen molar-refractivity contribution >= 4 is 11.6 Å². The molecule has 106 valence electrons. The second kappa shape index (κ2) is 6.50. The van der Waals surface area contributed by atoms with E-state index in [-0.39, 0.29) is 11.5 Å². The van der Waals surface area contributed by atoms with Crippen molar-refractivity contribution in [3.8, 4) is 0 Å². The molecule has 0 radical (unpaired) electrons. The molecule has 0 aliphatic rings. The molecule has 0 spiro atoms. The third kappa shape index (κ3) is 3.66. The van der Waals surface area contributed by atoms with Gasteiger partial charge in [0.25, 0.3) is 5.91 Å². The number of nitrogens with two attached hydrogens (primary N) is 1. The van der Waals surface area contributed by atoms with Crippen molar-refractivity contribution in [3.05, 3.63) is 29.3 Å². The lowest BCUT2D eigenvalue weighted by Crippen LogP contribution is -2.34. The fourth-order valence-corrected chi connectivity index (χ4v) is 1.75. The number of nitrogen functional groups attached to an aromatic ring is 1. The number of halogens is 2. The third-order valence-corrected chi connectivity index (χ3v) is 3.22. The van der Waals surface area contributed by atoms with Gasteiger partial charge in [0.2, 0.25) is 0 Å². The highest BCUT2D eigenvalue weighted by Crippen LogP contribution is 2.19. The Bertz CT molecular complexity index is 440. The van der Waals surface area contributed by atoms with Crippen molar-refractivity contribution in [1.82, 2.24) is 4.90 Å². The maximum Gasteiger partial charge on any atom is 0.254 e. The summed E-state index contributed by atoms with van der Waals surface area (Å²) in [5.41, 5.74) is 4.63. The van der Waals surface area contributed by atoms with Gasteiger partial charge in [0, 0.05) is 18.7 Å². The van der Waals surface area contributed by atoms with Gasteiger partial charge in [-0.15, -0.1) is 0 Å². The lowest BCUT2D eigenvalue weighted by Gasteiger charge is -2.24. The Hall–Kier alpha value is -1.65. The van der Waals surface area contributed by atoms with E-state index in [4.69, 9.17) is 5.73 Å². The maximum atomic E-state index is 13.4. The first kappa shape index (κ1) is 15.4. The second-order valence-electron chi connectivity index (χ2n) is 4.71. The zero-order valence-corrected chi connectivity index (χ0v) is 11.5. The summed E-state index contributed by atoms with van der Waals surface area (Å²) in [6.07, 6.45) is 0.939. The van der Waals surface area contributed by atoms with Crippen LogP contribution in [0.15, 0.2) is 12.1 Å². The van der Waals surface area contributed by atoms with Gasteiger partial charge in [-0.25, -0.2) is 8.78 Å². The lowest BCUT2D eigenvalue weighted by atomic mass is 10.1. The number of hydrogen-bond acceptors (Lipinski definition) is 2. The second-order valence-corrected chi connectivity index (χ2v) is 4.71. The SMILES string of the molecule is CCC(C)CN(CC)C(=O)c1cc(F)c(N)c(F)c1. The van der Waals surface area contributed by atoms with E-state index in [0.29, 0.717) is 19.0 Å². The van der Waals surface area contributed by atoms with Crippen LogP contribution in [0.2, 0.25) is 0 Å². The summed E-state index contributed by atoms with van der Waals surface area (Å²) in [4.78, 5) is 13.8. The van der Waals surface area contributed by atoms with E-state index in [1.54, 1.807) is 4.90 Å². The third-order valence-electron chi connectivity index (χ3n) is 3.22. The zero-order valence-electron chi connectivity index (χ0n) is 11.5. The number of benzene rings is 1. The Labute approximate surface area is 112 Å². The summed E-state index contributed by atoms with van der Waals surface area (Å²) in [5.74, 6) is -1.83. The van der Waals surface area contributed by atoms with Gasteiger partial charge in [-0.1, -0.05) is 20.3 Å². The van der Waals surface area contributed by atoms with Gasteiger partial charge in [0.05, 0.1) is 0 Å². The Balaban J connectivity index is 2.98. The quantitative estimate of drug-likeness (QED) is 0.836. The van der Waals surface area contributed by atoms with Crippen LogP contribution in [0.1, 0.15) is 37.6 Å². The Morgan fingerprint density at radius 3 is 2.26 bits per heavy atom. The summed E-state index contributed by atoms with van der Waals surface area (Å²) in [7, 11) is 0. The molecule has 1 unspecified atom stereocenters. The fourth-order valence-electron chi connectivity index (χ4n) is 1.75. The molecular weight excluding hydrogens is 250 g/mol. The van der Waals surface area contributed by atoms with Gasteiger partial charge in [0.15, 0.2) is 0 Å². The highest BCUT2D eigenvalue weighted by Gasteiger charge is 2.19. The highest BCUT2D eigenvalue weighted by molar-refractivity contribution is 5.94. The predicted molar refractivity (Wildman–Crippen MR) is 71.8 cm³/mol. The summed E-state index contributed by atoms with van der Waals surface area (Å²) < 4.78 is 26.7. The average molecular weight is 270 g/mol. The molecule has 0 heterocycles. The molecule has 1 aromatic rings. The van der Waals surface area contributed by atoms with Crippen molar-refractivity contribution in [2.75, 3.05) is 18.8 Å². The summed E-state index contributed by atoms with van der Waals surface area (Å²) in [6.45, 7) is 6.96. The van der Waals surface area contributed by atoms with Gasteiger partial charge in [0.1, 0.15) is 17.3 Å². The zero-order chi connectivity index (χ0) is 14.6. The summed E-state index contributed by atoms with van der Waals surface area (Å²) >= 11 is 0. The van der Waals surface area contributed by atoms with Crippen LogP contribution < -0.4 is 5.73 Å². The average Bonchev–Trinajstić information content (AvgIpc) is 2.40. The Kier molecular flexibility index (Phi) is 5.27. The van der Waals surface area contributed by atoms with Crippen LogP contribution in [0.3, 0.4) is 0 Å². The van der Waals surface area contributed by atoms with E-state index in [1.165, 1.54) is 0 Å². The summed E-state index contributed by atoms with van der Waals surface area (Å²) in [6, 6.07) is 1.97. The number of anilines is 1. The minimum atomic E-state index is -0.900. The molecule has 0 fully saturated rings. The van der Waals surface area contributed by atoms with E-state index in [0.717, 1.165) is 18.6 Å². The van der Waals surface area contributed by atoms with Crippen LogP contribution in [-0.4, -0.2) is 23.9 Å². The number of carbonyl (C=O) groups excluding carboxylic acids is 1. The normalized spacial score (nSPS) is 12.3. The lowest BCUT2D eigenvalue weighted by molar-refractivity contribution is 0.0740. The molecule has 2 N–H and O–H groups in total. The van der Waals surface area contributed by atoms with Gasteiger partial charge in [-0.2, -0.15) is 0 Å². The maximum absolute atomic E-state index is 13.4. The standard InChI is InChI=1S/C14H20F2N2O/c1-4-9(3)8-18(5-2)14(19)10-6-11(15)13(17)12(16)7-10/h6-7,9H,4-5,8,17H2,1-3H3. The van der Waals surface area contributed by atoms with E-state index in [9.17, 15) is 13.6 Å². The van der Waals surface area contributed by atoms with Crippen molar-refractivity contribution < 1.29 is 13.6 Å². The molecule has 3 nitrogen and oxygen atoms in total. The van der Waals surface area contributed by atoms with Crippen molar-refractivity contribution in [2.45, 2.75) is 27.2 Å². The van der Waals surface area contributed by atoms with Crippen molar-refractivity contribution in [2.24, 2.45) is 5.92 Å². The molecule has 0 saturated carbocycles. The molecule has 1 aromatic carbocycles. The van der Waals surface area contributed by atoms with Crippen LogP contribution in [0, 0.1) is 17.6 Å². The number of carbonyl (C=O) groups is 1. The van der Waals surface area contributed by atoms with Crippen LogP contribution >= 0.6 is 0 Å². The van der Waals surface area contributed by atoms with Crippen LogP contribution in [0.4, 0.5) is 14.5 Å². The molecule has 0 aliphatic carbocycles. The van der Waals surface area contributed by atoms with E-state index in [1.807, 2.05) is 20.8 Å². The molecule has 0 bridgehead atoms. The smallest absolute Gasteiger partial charge is 0.254 e. The monoisotopic (exact) mass is 270 g/mol. The van der Waals surface area contributed by atoms with Gasteiger partial charge in [-0.3, -0.25) is 4.79 Å². The predicted octanol–water partition coefficient (Wildman–Crippen LogP) is 3.06. The van der Waals surface area contributed by atoms with Gasteiger partial charge < -0.3 is 10.6 Å². The van der Waals surface area contributed by atoms with Crippen LogP contribution in [0.25, 0.3) is 0 Å². The van der Waals surface area contributed by atoms with E-state index < -0.39 is 17.3 Å². The van der Waals surface area contributed by atoms with Crippen molar-refractivity contribution in [3.63, 3.8) is 0 Å². The molecule has 0 aromatic heterocycles. The first-order chi connectivity index (χ1) is 8.90. The summed E-state index contributed by atoms with van der Waals surface area (Å²) in [5, 5.41) is 0. The van der Waals surface area contributed by atoms with E-state index in [2.05, 4.69) is 0 Å².